The van der Waals surface area contributed by atoms with Crippen LogP contribution < -0.4 is 9.62 Å². The Bertz CT molecular complexity index is 1290. The predicted octanol–water partition coefficient (Wildman–Crippen LogP) is 5.16. The minimum Gasteiger partial charge on any atom is -0.346 e. The van der Waals surface area contributed by atoms with Gasteiger partial charge in [0.15, 0.2) is 0 Å². The van der Waals surface area contributed by atoms with Crippen molar-refractivity contribution in [3.8, 4) is 0 Å². The summed E-state index contributed by atoms with van der Waals surface area (Å²) in [4.78, 5) is 12.8. The SMILES string of the molecule is C[C@@H](NC(=O)c1ccc(CN(c2ccccc2F)S(C)(=O)=O)cc1)c1ccc2c(c1)CCCC2. The molecule has 0 radical (unpaired) electrons. The first-order chi connectivity index (χ1) is 16.2. The highest BCUT2D eigenvalue weighted by molar-refractivity contribution is 7.92. The minimum atomic E-state index is -3.70. The van der Waals surface area contributed by atoms with Crippen molar-refractivity contribution in [3.63, 3.8) is 0 Å². The molecule has 1 N–H and O–H groups in total. The van der Waals surface area contributed by atoms with E-state index in [1.165, 1.54) is 42.2 Å². The summed E-state index contributed by atoms with van der Waals surface area (Å²) in [7, 11) is -3.70. The second-order valence-corrected chi connectivity index (χ2v) is 10.8. The number of para-hydroxylation sites is 1. The van der Waals surface area contributed by atoms with Crippen molar-refractivity contribution >= 4 is 21.6 Å². The molecule has 1 amide bonds. The van der Waals surface area contributed by atoms with Crippen LogP contribution in [0.4, 0.5) is 10.1 Å². The number of fused-ring (bicyclic) bond motifs is 1. The summed E-state index contributed by atoms with van der Waals surface area (Å²) < 4.78 is 39.9. The van der Waals surface area contributed by atoms with Crippen molar-refractivity contribution < 1.29 is 17.6 Å². The van der Waals surface area contributed by atoms with E-state index in [0.29, 0.717) is 11.1 Å². The number of nitrogens with zero attached hydrogens (tertiary/aromatic N) is 1. The zero-order valence-corrected chi connectivity index (χ0v) is 20.2. The van der Waals surface area contributed by atoms with Crippen LogP contribution in [0.25, 0.3) is 0 Å². The number of amides is 1. The van der Waals surface area contributed by atoms with E-state index in [2.05, 4.69) is 23.5 Å². The maximum atomic E-state index is 14.2. The van der Waals surface area contributed by atoms with Crippen LogP contribution in [-0.2, 0) is 29.4 Å². The van der Waals surface area contributed by atoms with Crippen LogP contribution in [0.5, 0.6) is 0 Å². The number of carbonyl (C=O) groups excluding carboxylic acids is 1. The Hall–Kier alpha value is -3.19. The maximum Gasteiger partial charge on any atom is 0.251 e. The molecule has 1 atom stereocenters. The highest BCUT2D eigenvalue weighted by atomic mass is 32.2. The largest absolute Gasteiger partial charge is 0.346 e. The number of aryl methyl sites for hydroxylation is 2. The first-order valence-electron chi connectivity index (χ1n) is 11.5. The van der Waals surface area contributed by atoms with Gasteiger partial charge in [0.2, 0.25) is 10.0 Å². The average molecular weight is 481 g/mol. The lowest BCUT2D eigenvalue weighted by atomic mass is 9.89. The molecule has 0 bridgehead atoms. The van der Waals surface area contributed by atoms with Gasteiger partial charge in [0.1, 0.15) is 5.82 Å². The summed E-state index contributed by atoms with van der Waals surface area (Å²) in [6.45, 7) is 1.93. The van der Waals surface area contributed by atoms with Crippen LogP contribution in [0.3, 0.4) is 0 Å². The second kappa shape index (κ2) is 9.97. The molecular weight excluding hydrogens is 451 g/mol. The van der Waals surface area contributed by atoms with Gasteiger partial charge in [0, 0.05) is 5.56 Å². The average Bonchev–Trinajstić information content (AvgIpc) is 2.82. The molecule has 3 aromatic rings. The monoisotopic (exact) mass is 480 g/mol. The van der Waals surface area contributed by atoms with Gasteiger partial charge >= 0.3 is 0 Å². The standard InChI is InChI=1S/C27H29FN2O3S/c1-19(23-16-15-21-7-3-4-8-24(21)17-23)29-27(31)22-13-11-20(12-14-22)18-30(34(2,32)33)26-10-6-5-9-25(26)28/h5-6,9-17,19H,3-4,7-8,18H2,1-2H3,(H,29,31)/t19-/m1/s1. The topological polar surface area (TPSA) is 66.5 Å². The summed E-state index contributed by atoms with van der Waals surface area (Å²) >= 11 is 0. The number of hydrogen-bond donors (Lipinski definition) is 1. The quantitative estimate of drug-likeness (QED) is 0.508. The summed E-state index contributed by atoms with van der Waals surface area (Å²) in [5, 5.41) is 3.04. The third-order valence-corrected chi connectivity index (χ3v) is 7.41. The lowest BCUT2D eigenvalue weighted by molar-refractivity contribution is 0.0940. The second-order valence-electron chi connectivity index (χ2n) is 8.85. The maximum absolute atomic E-state index is 14.2. The Morgan fingerprint density at radius 1 is 1.00 bits per heavy atom. The summed E-state index contributed by atoms with van der Waals surface area (Å²) in [6.07, 6.45) is 5.69. The fraction of sp³-hybridized carbons (Fsp3) is 0.296. The summed E-state index contributed by atoms with van der Waals surface area (Å²) in [5.74, 6) is -0.814. The number of hydrogen-bond acceptors (Lipinski definition) is 3. The number of nitrogens with one attached hydrogen (secondary N) is 1. The van der Waals surface area contributed by atoms with Gasteiger partial charge in [-0.05, 0) is 79.1 Å². The molecule has 7 heteroatoms. The molecule has 1 aliphatic carbocycles. The van der Waals surface area contributed by atoms with E-state index in [0.717, 1.165) is 29.0 Å². The van der Waals surface area contributed by atoms with E-state index in [4.69, 9.17) is 0 Å². The van der Waals surface area contributed by atoms with E-state index >= 15 is 0 Å². The third-order valence-electron chi connectivity index (χ3n) is 6.28. The Morgan fingerprint density at radius 3 is 2.35 bits per heavy atom. The van der Waals surface area contributed by atoms with Crippen molar-refractivity contribution in [2.24, 2.45) is 0 Å². The van der Waals surface area contributed by atoms with E-state index in [-0.39, 0.29) is 24.2 Å². The van der Waals surface area contributed by atoms with Crippen molar-refractivity contribution in [2.75, 3.05) is 10.6 Å². The minimum absolute atomic E-state index is 0.00862. The van der Waals surface area contributed by atoms with Crippen LogP contribution in [0.15, 0.2) is 66.7 Å². The third kappa shape index (κ3) is 5.47. The summed E-state index contributed by atoms with van der Waals surface area (Å²) in [6, 6.07) is 18.8. The van der Waals surface area contributed by atoms with E-state index in [1.807, 2.05) is 6.92 Å². The molecule has 0 spiro atoms. The molecule has 0 unspecified atom stereocenters. The molecule has 1 aliphatic rings. The van der Waals surface area contributed by atoms with Gasteiger partial charge in [-0.25, -0.2) is 12.8 Å². The molecule has 0 saturated carbocycles. The van der Waals surface area contributed by atoms with Gasteiger partial charge in [0.05, 0.1) is 24.5 Å². The number of carbonyl (C=O) groups is 1. The van der Waals surface area contributed by atoms with Gasteiger partial charge in [-0.15, -0.1) is 0 Å². The van der Waals surface area contributed by atoms with E-state index in [9.17, 15) is 17.6 Å². The normalized spacial score (nSPS) is 14.2. The Balaban J connectivity index is 1.45. The van der Waals surface area contributed by atoms with Crippen LogP contribution >= 0.6 is 0 Å². The zero-order valence-electron chi connectivity index (χ0n) is 19.4. The molecule has 0 saturated heterocycles. The van der Waals surface area contributed by atoms with Crippen LogP contribution in [0.2, 0.25) is 0 Å². The van der Waals surface area contributed by atoms with Crippen molar-refractivity contribution in [3.05, 3.63) is 100 Å². The molecule has 0 aromatic heterocycles. The molecule has 4 rings (SSSR count). The van der Waals surface area contributed by atoms with Crippen LogP contribution in [-0.4, -0.2) is 20.6 Å². The lowest BCUT2D eigenvalue weighted by Gasteiger charge is -2.23. The lowest BCUT2D eigenvalue weighted by Crippen LogP contribution is -2.30. The molecule has 0 aliphatic heterocycles. The molecule has 0 fully saturated rings. The van der Waals surface area contributed by atoms with Crippen molar-refractivity contribution in [1.29, 1.82) is 0 Å². The highest BCUT2D eigenvalue weighted by Gasteiger charge is 2.21. The fourth-order valence-electron chi connectivity index (χ4n) is 4.35. The molecule has 34 heavy (non-hydrogen) atoms. The van der Waals surface area contributed by atoms with Gasteiger partial charge in [-0.1, -0.05) is 42.5 Å². The van der Waals surface area contributed by atoms with Crippen molar-refractivity contribution in [1.82, 2.24) is 5.32 Å². The van der Waals surface area contributed by atoms with Gasteiger partial charge in [-0.3, -0.25) is 9.10 Å². The first kappa shape index (κ1) is 24.0. The summed E-state index contributed by atoms with van der Waals surface area (Å²) in [5.41, 5.74) is 4.98. The number of sulfonamides is 1. The van der Waals surface area contributed by atoms with Gasteiger partial charge in [0.25, 0.3) is 5.91 Å². The zero-order chi connectivity index (χ0) is 24.3. The Labute approximate surface area is 200 Å². The van der Waals surface area contributed by atoms with Crippen LogP contribution in [0.1, 0.15) is 58.4 Å². The number of rotatable bonds is 7. The van der Waals surface area contributed by atoms with E-state index < -0.39 is 15.8 Å². The Kier molecular flexibility index (Phi) is 7.03. The molecule has 0 heterocycles. The molecule has 178 valence electrons. The Morgan fingerprint density at radius 2 is 1.68 bits per heavy atom. The molecule has 5 nitrogen and oxygen atoms in total. The number of anilines is 1. The predicted molar refractivity (Wildman–Crippen MR) is 133 cm³/mol. The van der Waals surface area contributed by atoms with Gasteiger partial charge in [-0.2, -0.15) is 0 Å². The van der Waals surface area contributed by atoms with Crippen molar-refractivity contribution in [2.45, 2.75) is 45.2 Å². The highest BCUT2D eigenvalue weighted by Crippen LogP contribution is 2.26. The van der Waals surface area contributed by atoms with E-state index in [1.54, 1.807) is 30.3 Å². The van der Waals surface area contributed by atoms with Crippen LogP contribution in [0, 0.1) is 5.82 Å². The number of benzene rings is 3. The molecular formula is C27H29FN2O3S. The first-order valence-corrected chi connectivity index (χ1v) is 13.3. The van der Waals surface area contributed by atoms with Gasteiger partial charge < -0.3 is 5.32 Å². The number of halogens is 1. The molecule has 3 aromatic carbocycles. The smallest absolute Gasteiger partial charge is 0.251 e. The fourth-order valence-corrected chi connectivity index (χ4v) is 5.24.